The molecule has 204 valence electrons. The molecule has 0 rings (SSSR count). The Morgan fingerprint density at radius 2 is 1.29 bits per heavy atom. The third-order valence-corrected chi connectivity index (χ3v) is 11.5. The Bertz CT molecular complexity index is 623. The molecular weight excluding hydrogens is 487 g/mol. The molecule has 0 N–H and O–H groups in total. The molecule has 0 bridgehead atoms. The molecule has 1 unspecified atom stereocenters. The van der Waals surface area contributed by atoms with Gasteiger partial charge in [0.2, 0.25) is 0 Å². The monoisotopic (exact) mass is 534 g/mol. The van der Waals surface area contributed by atoms with Crippen molar-refractivity contribution in [2.75, 3.05) is 13.2 Å². The highest BCUT2D eigenvalue weighted by Crippen LogP contribution is 2.37. The predicted octanol–water partition coefficient (Wildman–Crippen LogP) is 7.97. The zero-order valence-corrected chi connectivity index (χ0v) is 24.9. The Morgan fingerprint density at radius 3 is 1.74 bits per heavy atom. The lowest BCUT2D eigenvalue weighted by Crippen LogP contribution is -2.46. The summed E-state index contributed by atoms with van der Waals surface area (Å²) in [7, 11) is -3.84. The van der Waals surface area contributed by atoms with Crippen LogP contribution in [0.5, 0.6) is 0 Å². The zero-order chi connectivity index (χ0) is 27.2. The average Bonchev–Trinajstić information content (AvgIpc) is 2.64. The van der Waals surface area contributed by atoms with Crippen LogP contribution in [0.15, 0.2) is 25.7 Å². The first-order valence-electron chi connectivity index (χ1n) is 12.3. The molecule has 35 heavy (non-hydrogen) atoms. The van der Waals surface area contributed by atoms with Crippen molar-refractivity contribution >= 4 is 28.7 Å². The molecule has 0 aromatic heterocycles. The molecule has 10 heteroatoms. The number of carbonyl (C=O) groups excluding carboxylic acids is 2. The lowest BCUT2D eigenvalue weighted by molar-refractivity contribution is 0.0306. The van der Waals surface area contributed by atoms with Gasteiger partial charge in [0.1, 0.15) is 5.67 Å². The van der Waals surface area contributed by atoms with Gasteiger partial charge in [-0.1, -0.05) is 45.1 Å². The van der Waals surface area contributed by atoms with E-state index in [0.717, 1.165) is 43.9 Å². The number of hydrogen-bond acceptors (Lipinski definition) is 7. The largest absolute Gasteiger partial charge is 0.513 e. The van der Waals surface area contributed by atoms with Gasteiger partial charge in [0, 0.05) is 6.42 Å². The van der Waals surface area contributed by atoms with Crippen LogP contribution in [0.2, 0.25) is 44.3 Å². The van der Waals surface area contributed by atoms with Gasteiger partial charge in [-0.25, -0.2) is 14.0 Å². The highest BCUT2D eigenvalue weighted by atomic mass is 28.4. The zero-order valence-electron chi connectivity index (χ0n) is 22.9. The van der Waals surface area contributed by atoms with Crippen molar-refractivity contribution in [2.45, 2.75) is 108 Å². The fourth-order valence-corrected chi connectivity index (χ4v) is 11.0. The summed E-state index contributed by atoms with van der Waals surface area (Å²) in [5.74, 6) is 0. The van der Waals surface area contributed by atoms with Gasteiger partial charge in [-0.15, -0.1) is 0 Å². The number of halogens is 1. The van der Waals surface area contributed by atoms with Crippen LogP contribution in [0.4, 0.5) is 14.0 Å². The van der Waals surface area contributed by atoms with Gasteiger partial charge in [0.15, 0.2) is 8.32 Å². The molecule has 0 aliphatic carbocycles. The summed E-state index contributed by atoms with van der Waals surface area (Å²) in [6, 6.07) is 2.39. The van der Waals surface area contributed by atoms with E-state index in [-0.39, 0.29) is 13.2 Å². The number of unbranched alkanes of at least 4 members (excludes halogenated alkanes) is 2. The van der Waals surface area contributed by atoms with Gasteiger partial charge < -0.3 is 23.4 Å². The Morgan fingerprint density at radius 1 is 0.829 bits per heavy atom. The van der Waals surface area contributed by atoms with Crippen LogP contribution >= 0.6 is 0 Å². The van der Waals surface area contributed by atoms with Crippen molar-refractivity contribution in [3.8, 4) is 0 Å². The van der Waals surface area contributed by atoms with Crippen molar-refractivity contribution in [3.05, 3.63) is 25.7 Å². The smallest absolute Gasteiger partial charge is 0.434 e. The van der Waals surface area contributed by atoms with E-state index in [9.17, 15) is 9.59 Å². The fourth-order valence-electron chi connectivity index (χ4n) is 4.74. The summed E-state index contributed by atoms with van der Waals surface area (Å²) in [5, 5.41) is 0. The van der Waals surface area contributed by atoms with Crippen LogP contribution < -0.4 is 0 Å². The summed E-state index contributed by atoms with van der Waals surface area (Å²) in [4.78, 5) is 22.3. The van der Waals surface area contributed by atoms with E-state index in [1.807, 2.05) is 13.8 Å². The van der Waals surface area contributed by atoms with Crippen LogP contribution in [0.25, 0.3) is 0 Å². The summed E-state index contributed by atoms with van der Waals surface area (Å²) in [6.45, 7) is 21.5. The molecular formula is C25H47FO7Si2. The molecule has 0 saturated heterocycles. The van der Waals surface area contributed by atoms with Crippen molar-refractivity contribution in [2.24, 2.45) is 0 Å². The highest BCUT2D eigenvalue weighted by Gasteiger charge is 2.40. The van der Waals surface area contributed by atoms with Crippen LogP contribution in [0.3, 0.4) is 0 Å². The van der Waals surface area contributed by atoms with E-state index in [0.29, 0.717) is 18.9 Å². The van der Waals surface area contributed by atoms with Crippen molar-refractivity contribution in [1.82, 2.24) is 0 Å². The topological polar surface area (TPSA) is 80.3 Å². The maximum absolute atomic E-state index is 15.7. The van der Waals surface area contributed by atoms with Gasteiger partial charge in [-0.05, 0) is 58.8 Å². The van der Waals surface area contributed by atoms with E-state index >= 15 is 4.39 Å². The van der Waals surface area contributed by atoms with Crippen LogP contribution in [-0.4, -0.2) is 53.2 Å². The Kier molecular flexibility index (Phi) is 14.7. The summed E-state index contributed by atoms with van der Waals surface area (Å²) >= 11 is 0. The van der Waals surface area contributed by atoms with E-state index < -0.39 is 40.0 Å². The number of rotatable bonds is 18. The molecule has 0 aliphatic rings. The second-order valence-electron chi connectivity index (χ2n) is 11.2. The Balaban J connectivity index is 4.51. The van der Waals surface area contributed by atoms with E-state index in [1.165, 1.54) is 0 Å². The Labute approximate surface area is 213 Å². The highest BCUT2D eigenvalue weighted by molar-refractivity contribution is 6.77. The van der Waals surface area contributed by atoms with Gasteiger partial charge in [-0.3, -0.25) is 0 Å². The van der Waals surface area contributed by atoms with Gasteiger partial charge in [0.25, 0.3) is 0 Å². The van der Waals surface area contributed by atoms with Crippen molar-refractivity contribution in [3.63, 3.8) is 0 Å². The predicted molar refractivity (Wildman–Crippen MR) is 142 cm³/mol. The molecule has 7 nitrogen and oxygen atoms in total. The van der Waals surface area contributed by atoms with Crippen LogP contribution in [-0.2, 0) is 23.4 Å². The first kappa shape index (κ1) is 33.3. The number of ether oxygens (including phenoxy) is 4. The van der Waals surface area contributed by atoms with Gasteiger partial charge in [-0.2, -0.15) is 0 Å². The van der Waals surface area contributed by atoms with E-state index in [4.69, 9.17) is 13.9 Å². The van der Waals surface area contributed by atoms with Crippen LogP contribution in [0.1, 0.15) is 52.9 Å². The van der Waals surface area contributed by atoms with Crippen LogP contribution in [0, 0.1) is 0 Å². The molecule has 0 aromatic rings. The minimum atomic E-state index is -2.04. The minimum Gasteiger partial charge on any atom is -0.434 e. The third kappa shape index (κ3) is 18.3. The lowest BCUT2D eigenvalue weighted by atomic mass is 9.94. The first-order chi connectivity index (χ1) is 16.0. The van der Waals surface area contributed by atoms with Crippen molar-refractivity contribution in [1.29, 1.82) is 0 Å². The molecule has 0 aromatic carbocycles. The summed E-state index contributed by atoms with van der Waals surface area (Å²) in [5.41, 5.74) is -1.90. The van der Waals surface area contributed by atoms with E-state index in [2.05, 4.69) is 48.8 Å². The average molecular weight is 535 g/mol. The molecule has 0 aliphatic heterocycles. The Hall–Kier alpha value is -1.66. The summed E-state index contributed by atoms with van der Waals surface area (Å²) in [6.07, 6.45) is 4.10. The summed E-state index contributed by atoms with van der Waals surface area (Å²) < 4.78 is 41.1. The third-order valence-electron chi connectivity index (χ3n) is 5.41. The standard InChI is InChI=1S/C25H47FO7Si2/c1-10-29-22(27)31-16-12-14-18-34(6,7)21-25(5,26)20-24(3,4)33-35(8,9)19-15-13-17-32-23(28)30-11-2/h10-11H,1-2,12-21H2,3-9H3. The maximum Gasteiger partial charge on any atom is 0.513 e. The number of hydrogen-bond donors (Lipinski definition) is 0. The minimum absolute atomic E-state index is 0.286. The molecule has 0 spiro atoms. The fraction of sp³-hybridized carbons (Fsp3) is 0.760. The normalized spacial score (nSPS) is 13.9. The molecule has 0 saturated carbocycles. The van der Waals surface area contributed by atoms with Gasteiger partial charge in [0.05, 0.1) is 39.4 Å². The molecule has 0 heterocycles. The molecule has 1 atom stereocenters. The second-order valence-corrected chi connectivity index (χ2v) is 20.6. The maximum atomic E-state index is 15.7. The molecule has 0 fully saturated rings. The number of carbonyl (C=O) groups is 2. The van der Waals surface area contributed by atoms with E-state index in [1.54, 1.807) is 6.92 Å². The molecule has 0 amide bonds. The molecule has 0 radical (unpaired) electrons. The quantitative estimate of drug-likeness (QED) is 0.0763. The second kappa shape index (κ2) is 15.5. The van der Waals surface area contributed by atoms with Crippen molar-refractivity contribution < 1.29 is 37.4 Å². The number of alkyl halides is 1. The SMILES string of the molecule is C=COC(=O)OCCCC[Si](C)(C)CC(C)(F)CC(C)(C)O[Si](C)(C)CCCCOC(=O)OC=C. The van der Waals surface area contributed by atoms with Gasteiger partial charge >= 0.3 is 12.3 Å². The lowest BCUT2D eigenvalue weighted by Gasteiger charge is -2.40. The first-order valence-corrected chi connectivity index (χ1v) is 18.8.